The lowest BCUT2D eigenvalue weighted by molar-refractivity contribution is 0.195. The lowest BCUT2D eigenvalue weighted by Crippen LogP contribution is -2.64. The highest BCUT2D eigenvalue weighted by atomic mass is 15.3. The normalized spacial score (nSPS) is 19.4. The summed E-state index contributed by atoms with van der Waals surface area (Å²) in [5.41, 5.74) is 23.7. The highest BCUT2D eigenvalue weighted by Gasteiger charge is 2.61. The number of para-hydroxylation sites is 1. The van der Waals surface area contributed by atoms with Crippen LogP contribution in [0.1, 0.15) is 130 Å². The number of fused-ring (bicyclic) bond motifs is 7. The minimum atomic E-state index is -0.0397. The van der Waals surface area contributed by atoms with Crippen molar-refractivity contribution in [2.75, 3.05) is 14.7 Å². The molecule has 2 unspecified atom stereocenters. The van der Waals surface area contributed by atoms with Crippen molar-refractivity contribution >= 4 is 68.6 Å². The number of anilines is 8. The number of hydrogen-bond donors (Lipinski definition) is 0. The summed E-state index contributed by atoms with van der Waals surface area (Å²) in [5.74, 6) is 0. The molecule has 0 radical (unpaired) electrons. The molecular weight excluding hydrogens is 810 g/mol. The van der Waals surface area contributed by atoms with Gasteiger partial charge in [-0.3, -0.25) is 0 Å². The fraction of sp³-hybridized carbons (Fsp3) is 0.333. The van der Waals surface area contributed by atoms with Crippen LogP contribution in [-0.2, 0) is 21.7 Å². The van der Waals surface area contributed by atoms with Gasteiger partial charge in [-0.15, -0.1) is 0 Å². The lowest BCUT2D eigenvalue weighted by atomic mass is 9.33. The fourth-order valence-corrected chi connectivity index (χ4v) is 12.5. The molecule has 1 saturated carbocycles. The maximum atomic E-state index is 2.85. The zero-order chi connectivity index (χ0) is 47.0. The van der Waals surface area contributed by atoms with Crippen molar-refractivity contribution in [3.05, 3.63) is 173 Å². The Balaban J connectivity index is 1.21. The van der Waals surface area contributed by atoms with Gasteiger partial charge < -0.3 is 14.7 Å². The second-order valence-corrected chi connectivity index (χ2v) is 23.9. The van der Waals surface area contributed by atoms with Crippen LogP contribution in [0.4, 0.5) is 45.5 Å². The highest BCUT2D eigenvalue weighted by Crippen LogP contribution is 2.62. The smallest absolute Gasteiger partial charge is 0.252 e. The first-order chi connectivity index (χ1) is 31.8. The van der Waals surface area contributed by atoms with Gasteiger partial charge in [-0.2, -0.15) is 0 Å². The molecule has 4 aliphatic rings. The van der Waals surface area contributed by atoms with Crippen molar-refractivity contribution in [2.45, 2.75) is 136 Å². The Morgan fingerprint density at radius 2 is 1.07 bits per heavy atom. The molecule has 0 saturated heterocycles. The van der Waals surface area contributed by atoms with Crippen molar-refractivity contribution in [3.63, 3.8) is 0 Å². The highest BCUT2D eigenvalue weighted by molar-refractivity contribution is 7.00. The second kappa shape index (κ2) is 15.0. The number of nitrogens with zero attached hydrogens (tertiary/aromatic N) is 3. The SMILES string of the molecule is Cc1cc2c3c(c1)N1c4c(cccc4C4(C)CCCCC14C)B3c1cc(N(c3ccc(C(C)(C)C)cc3)c3ccc(C(C)(C)C)cc3)ccc1N2c1ccc(C(C)(C)C)cc1-c1ccccc1. The van der Waals surface area contributed by atoms with E-state index in [1.165, 1.54) is 109 Å². The standard InChI is InChI=1S/C63H68BN3/c1-41-37-55-57-56(38-41)67-58-50(62(11)35-16-17-36-63(62,67)12)21-18-22-51(58)64(57)52-40-48(65(46-28-23-43(24-29-46)59(2,3)4)47-30-25-44(26-31-47)60(5,6)7)32-34-54(52)66(55)53-33-27-45(61(8,9)10)39-49(53)42-19-14-13-15-20-42/h13-15,18-34,37-40H,16-17,35-36H2,1-12H3. The minimum Gasteiger partial charge on any atom is -0.335 e. The zero-order valence-corrected chi connectivity index (χ0v) is 42.1. The van der Waals surface area contributed by atoms with Crippen LogP contribution in [-0.4, -0.2) is 12.3 Å². The van der Waals surface area contributed by atoms with E-state index in [1.54, 1.807) is 0 Å². The average molecular weight is 878 g/mol. The first-order valence-corrected chi connectivity index (χ1v) is 25.0. The van der Waals surface area contributed by atoms with Gasteiger partial charge in [0.2, 0.25) is 0 Å². The predicted octanol–water partition coefficient (Wildman–Crippen LogP) is 15.4. The summed E-state index contributed by atoms with van der Waals surface area (Å²) < 4.78 is 0. The van der Waals surface area contributed by atoms with Gasteiger partial charge >= 0.3 is 0 Å². The molecule has 0 amide bonds. The van der Waals surface area contributed by atoms with E-state index in [-0.39, 0.29) is 33.9 Å². The first kappa shape index (κ1) is 43.6. The van der Waals surface area contributed by atoms with Gasteiger partial charge in [0.25, 0.3) is 6.71 Å². The van der Waals surface area contributed by atoms with E-state index in [1.807, 2.05) is 0 Å². The molecule has 0 N–H and O–H groups in total. The summed E-state index contributed by atoms with van der Waals surface area (Å²) in [4.78, 5) is 7.99. The van der Waals surface area contributed by atoms with Crippen LogP contribution >= 0.6 is 0 Å². The van der Waals surface area contributed by atoms with Gasteiger partial charge in [0.15, 0.2) is 0 Å². The largest absolute Gasteiger partial charge is 0.335 e. The molecule has 0 spiro atoms. The minimum absolute atomic E-state index is 0.0107. The van der Waals surface area contributed by atoms with Crippen LogP contribution in [0, 0.1) is 6.92 Å². The van der Waals surface area contributed by atoms with Crippen molar-refractivity contribution in [1.29, 1.82) is 0 Å². The molecule has 67 heavy (non-hydrogen) atoms. The van der Waals surface area contributed by atoms with E-state index in [0.717, 1.165) is 17.1 Å². The summed E-state index contributed by atoms with van der Waals surface area (Å²) >= 11 is 0. The van der Waals surface area contributed by atoms with E-state index in [9.17, 15) is 0 Å². The second-order valence-electron chi connectivity index (χ2n) is 23.9. The maximum absolute atomic E-state index is 2.85. The van der Waals surface area contributed by atoms with E-state index in [4.69, 9.17) is 0 Å². The molecular formula is C63H68BN3. The molecule has 3 aliphatic heterocycles. The van der Waals surface area contributed by atoms with E-state index in [0.29, 0.717) is 0 Å². The molecule has 7 aromatic rings. The molecule has 1 fully saturated rings. The number of hydrogen-bond acceptors (Lipinski definition) is 3. The summed E-state index contributed by atoms with van der Waals surface area (Å²) in [6.07, 6.45) is 4.92. The fourth-order valence-electron chi connectivity index (χ4n) is 12.5. The van der Waals surface area contributed by atoms with Crippen LogP contribution in [0.2, 0.25) is 0 Å². The Morgan fingerprint density at radius 1 is 0.507 bits per heavy atom. The van der Waals surface area contributed by atoms with Crippen molar-refractivity contribution in [1.82, 2.24) is 0 Å². The lowest BCUT2D eigenvalue weighted by Gasteiger charge is -2.53. The average Bonchev–Trinajstić information content (AvgIpc) is 3.51. The Bertz CT molecular complexity index is 3020. The number of benzene rings is 7. The first-order valence-electron chi connectivity index (χ1n) is 25.0. The molecule has 0 aromatic heterocycles. The molecule has 0 bridgehead atoms. The monoisotopic (exact) mass is 878 g/mol. The van der Waals surface area contributed by atoms with Gasteiger partial charge in [0, 0.05) is 50.8 Å². The Hall–Kier alpha value is -6.00. The van der Waals surface area contributed by atoms with Crippen LogP contribution in [0.25, 0.3) is 11.1 Å². The molecule has 4 heteroatoms. The summed E-state index contributed by atoms with van der Waals surface area (Å²) in [6, 6.07) is 56.7. The van der Waals surface area contributed by atoms with Crippen molar-refractivity contribution in [2.24, 2.45) is 0 Å². The Morgan fingerprint density at radius 3 is 1.70 bits per heavy atom. The van der Waals surface area contributed by atoms with Crippen LogP contribution in [0.5, 0.6) is 0 Å². The number of rotatable bonds is 5. The zero-order valence-electron chi connectivity index (χ0n) is 42.1. The summed E-state index contributed by atoms with van der Waals surface area (Å²) in [6.45, 7) is 28.3. The third-order valence-electron chi connectivity index (χ3n) is 16.5. The third-order valence-corrected chi connectivity index (χ3v) is 16.5. The van der Waals surface area contributed by atoms with E-state index in [2.05, 4.69) is 243 Å². The molecule has 7 aromatic carbocycles. The third kappa shape index (κ3) is 6.67. The van der Waals surface area contributed by atoms with Gasteiger partial charge in [0.05, 0.1) is 11.2 Å². The summed E-state index contributed by atoms with van der Waals surface area (Å²) in [5, 5.41) is 0. The Kier molecular flexibility index (Phi) is 9.76. The molecule has 1 aliphatic carbocycles. The molecule has 2 atom stereocenters. The van der Waals surface area contributed by atoms with Crippen molar-refractivity contribution in [3.8, 4) is 11.1 Å². The molecule has 338 valence electrons. The van der Waals surface area contributed by atoms with Gasteiger partial charge in [0.1, 0.15) is 0 Å². The quantitative estimate of drug-likeness (QED) is 0.160. The topological polar surface area (TPSA) is 9.72 Å². The van der Waals surface area contributed by atoms with Crippen LogP contribution in [0.15, 0.2) is 146 Å². The van der Waals surface area contributed by atoms with E-state index >= 15 is 0 Å². The van der Waals surface area contributed by atoms with Gasteiger partial charge in [-0.05, 0) is 159 Å². The van der Waals surface area contributed by atoms with Crippen molar-refractivity contribution < 1.29 is 0 Å². The van der Waals surface area contributed by atoms with E-state index < -0.39 is 0 Å². The Labute approximate surface area is 402 Å². The molecule has 3 heterocycles. The van der Waals surface area contributed by atoms with Gasteiger partial charge in [-0.1, -0.05) is 161 Å². The van der Waals surface area contributed by atoms with Crippen LogP contribution in [0.3, 0.4) is 0 Å². The molecule has 11 rings (SSSR count). The predicted molar refractivity (Wildman–Crippen MR) is 290 cm³/mol. The molecule has 3 nitrogen and oxygen atoms in total. The maximum Gasteiger partial charge on any atom is 0.252 e. The van der Waals surface area contributed by atoms with Gasteiger partial charge in [-0.25, -0.2) is 0 Å². The number of aryl methyl sites for hydroxylation is 1. The van der Waals surface area contributed by atoms with Crippen LogP contribution < -0.4 is 31.1 Å². The summed E-state index contributed by atoms with van der Waals surface area (Å²) in [7, 11) is 0.